The number of nitrogens with one attached hydrogen (secondary N) is 2. The number of amides is 1. The third kappa shape index (κ3) is 5.52. The van der Waals surface area contributed by atoms with E-state index in [9.17, 15) is 9.59 Å². The van der Waals surface area contributed by atoms with E-state index in [1.807, 2.05) is 0 Å². The Morgan fingerprint density at radius 3 is 2.31 bits per heavy atom. The van der Waals surface area contributed by atoms with Crippen LogP contribution in [0, 0.1) is 11.3 Å². The summed E-state index contributed by atoms with van der Waals surface area (Å²) in [6.45, 7) is 0. The van der Waals surface area contributed by atoms with E-state index in [-0.39, 0.29) is 17.0 Å². The molecule has 2 rings (SSSR count). The molecule has 26 heavy (non-hydrogen) atoms. The third-order valence-electron chi connectivity index (χ3n) is 3.24. The van der Waals surface area contributed by atoms with Crippen molar-refractivity contribution in [1.82, 2.24) is 0 Å². The van der Waals surface area contributed by atoms with Gasteiger partial charge in [0.25, 0.3) is 5.91 Å². The van der Waals surface area contributed by atoms with Gasteiger partial charge in [0.2, 0.25) is 0 Å². The Hall–Kier alpha value is -3.01. The van der Waals surface area contributed by atoms with E-state index in [0.717, 1.165) is 0 Å². The van der Waals surface area contributed by atoms with Gasteiger partial charge in [-0.15, -0.1) is 0 Å². The van der Waals surface area contributed by atoms with Gasteiger partial charge in [0.1, 0.15) is 11.6 Å². The molecule has 0 fully saturated rings. The lowest BCUT2D eigenvalue weighted by Crippen LogP contribution is -2.14. The molecule has 0 radical (unpaired) electrons. The maximum absolute atomic E-state index is 12.2. The van der Waals surface area contributed by atoms with E-state index in [0.29, 0.717) is 22.0 Å². The standard InChI is InChI=1S/C18H13Cl2N3O3/c19-15-6-5-14(8-16(15)20)23-18(26)12(9-21)10-22-13-3-1-11(2-4-13)7-17(24)25/h1-6,8,10,22H,7H2,(H,23,26)(H,24,25)/b12-10-. The van der Waals surface area contributed by atoms with Gasteiger partial charge in [-0.1, -0.05) is 35.3 Å². The van der Waals surface area contributed by atoms with Gasteiger partial charge >= 0.3 is 5.97 Å². The molecule has 1 amide bonds. The SMILES string of the molecule is N#C/C(=C/Nc1ccc(CC(=O)O)cc1)C(=O)Nc1ccc(Cl)c(Cl)c1. The maximum Gasteiger partial charge on any atom is 0.307 e. The van der Waals surface area contributed by atoms with Crippen LogP contribution in [0.2, 0.25) is 10.0 Å². The van der Waals surface area contributed by atoms with Crippen molar-refractivity contribution in [2.24, 2.45) is 0 Å². The Labute approximate surface area is 159 Å². The van der Waals surface area contributed by atoms with Crippen molar-refractivity contribution < 1.29 is 14.7 Å². The first-order chi connectivity index (χ1) is 12.4. The summed E-state index contributed by atoms with van der Waals surface area (Å²) in [6.07, 6.45) is 1.19. The number of halogens is 2. The van der Waals surface area contributed by atoms with Crippen LogP contribution < -0.4 is 10.6 Å². The first-order valence-corrected chi connectivity index (χ1v) is 8.08. The second-order valence-corrected chi connectivity index (χ2v) is 5.98. The molecule has 0 aliphatic rings. The van der Waals surface area contributed by atoms with Crippen LogP contribution in [0.4, 0.5) is 11.4 Å². The molecule has 0 saturated heterocycles. The highest BCUT2D eigenvalue weighted by molar-refractivity contribution is 6.42. The van der Waals surface area contributed by atoms with Gasteiger partial charge in [0.05, 0.1) is 16.5 Å². The number of carbonyl (C=O) groups excluding carboxylic acids is 1. The Bertz CT molecular complexity index is 903. The molecule has 0 aromatic heterocycles. The van der Waals surface area contributed by atoms with Crippen LogP contribution in [-0.2, 0) is 16.0 Å². The highest BCUT2D eigenvalue weighted by Crippen LogP contribution is 2.25. The van der Waals surface area contributed by atoms with E-state index >= 15 is 0 Å². The maximum atomic E-state index is 12.2. The Balaban J connectivity index is 2.04. The molecule has 8 heteroatoms. The summed E-state index contributed by atoms with van der Waals surface area (Å²) in [6, 6.07) is 13.0. The number of carbonyl (C=O) groups is 2. The molecule has 0 unspecified atom stereocenters. The molecule has 0 spiro atoms. The summed E-state index contributed by atoms with van der Waals surface area (Å²) >= 11 is 11.7. The van der Waals surface area contributed by atoms with E-state index in [1.165, 1.54) is 18.3 Å². The lowest BCUT2D eigenvalue weighted by Gasteiger charge is -2.06. The van der Waals surface area contributed by atoms with Crippen LogP contribution in [0.5, 0.6) is 0 Å². The van der Waals surface area contributed by atoms with E-state index < -0.39 is 11.9 Å². The lowest BCUT2D eigenvalue weighted by atomic mass is 10.1. The Morgan fingerprint density at radius 1 is 1.08 bits per heavy atom. The van der Waals surface area contributed by atoms with Crippen LogP contribution in [-0.4, -0.2) is 17.0 Å². The zero-order valence-electron chi connectivity index (χ0n) is 13.3. The summed E-state index contributed by atoms with van der Waals surface area (Å²) in [5.41, 5.74) is 1.51. The van der Waals surface area contributed by atoms with Crippen molar-refractivity contribution in [3.8, 4) is 6.07 Å². The summed E-state index contributed by atoms with van der Waals surface area (Å²) < 4.78 is 0. The van der Waals surface area contributed by atoms with Crippen LogP contribution in [0.3, 0.4) is 0 Å². The average molecular weight is 390 g/mol. The zero-order valence-corrected chi connectivity index (χ0v) is 14.8. The highest BCUT2D eigenvalue weighted by atomic mass is 35.5. The number of nitriles is 1. The lowest BCUT2D eigenvalue weighted by molar-refractivity contribution is -0.136. The summed E-state index contributed by atoms with van der Waals surface area (Å²) in [7, 11) is 0. The minimum Gasteiger partial charge on any atom is -0.481 e. The highest BCUT2D eigenvalue weighted by Gasteiger charge is 2.10. The van der Waals surface area contributed by atoms with Gasteiger partial charge < -0.3 is 15.7 Å². The molecule has 2 aromatic rings. The average Bonchev–Trinajstić information content (AvgIpc) is 2.59. The molecule has 2 aromatic carbocycles. The van der Waals surface area contributed by atoms with Crippen LogP contribution in [0.15, 0.2) is 54.2 Å². The molecule has 0 atom stereocenters. The van der Waals surface area contributed by atoms with E-state index in [2.05, 4.69) is 10.6 Å². The third-order valence-corrected chi connectivity index (χ3v) is 3.97. The van der Waals surface area contributed by atoms with Gasteiger partial charge in [-0.2, -0.15) is 5.26 Å². The van der Waals surface area contributed by atoms with Gasteiger partial charge in [-0.25, -0.2) is 0 Å². The number of nitrogens with zero attached hydrogens (tertiary/aromatic N) is 1. The molecule has 3 N–H and O–H groups in total. The van der Waals surface area contributed by atoms with Crippen molar-refractivity contribution in [2.75, 3.05) is 10.6 Å². The number of carboxylic acid groups (broad SMARTS) is 1. The number of benzene rings is 2. The van der Waals surface area contributed by atoms with Crippen molar-refractivity contribution in [3.05, 3.63) is 69.8 Å². The monoisotopic (exact) mass is 389 g/mol. The fourth-order valence-corrected chi connectivity index (χ4v) is 2.27. The Morgan fingerprint density at radius 2 is 1.73 bits per heavy atom. The number of hydrogen-bond donors (Lipinski definition) is 3. The van der Waals surface area contributed by atoms with E-state index in [4.69, 9.17) is 33.6 Å². The molecular formula is C18H13Cl2N3O3. The predicted octanol–water partition coefficient (Wildman–Crippen LogP) is 4.08. The minimum atomic E-state index is -0.920. The molecule has 0 saturated carbocycles. The molecule has 0 bridgehead atoms. The van der Waals surface area contributed by atoms with Gasteiger partial charge in [0.15, 0.2) is 0 Å². The predicted molar refractivity (Wildman–Crippen MR) is 100 cm³/mol. The van der Waals surface area contributed by atoms with Crippen molar-refractivity contribution in [2.45, 2.75) is 6.42 Å². The second kappa shape index (κ2) is 8.90. The van der Waals surface area contributed by atoms with Crippen molar-refractivity contribution in [1.29, 1.82) is 5.26 Å². The number of rotatable bonds is 6. The topological polar surface area (TPSA) is 102 Å². The number of carboxylic acids is 1. The fraction of sp³-hybridized carbons (Fsp3) is 0.0556. The van der Waals surface area contributed by atoms with Crippen LogP contribution >= 0.6 is 23.2 Å². The molecule has 0 heterocycles. The summed E-state index contributed by atoms with van der Waals surface area (Å²) in [5, 5.41) is 23.9. The number of anilines is 2. The second-order valence-electron chi connectivity index (χ2n) is 5.16. The van der Waals surface area contributed by atoms with E-state index in [1.54, 1.807) is 36.4 Å². The first-order valence-electron chi connectivity index (χ1n) is 7.33. The first kappa shape index (κ1) is 19.3. The quantitative estimate of drug-likeness (QED) is 0.510. The largest absolute Gasteiger partial charge is 0.481 e. The van der Waals surface area contributed by atoms with Crippen molar-refractivity contribution in [3.63, 3.8) is 0 Å². The number of aliphatic carboxylic acids is 1. The normalized spacial score (nSPS) is 10.7. The molecule has 132 valence electrons. The summed E-state index contributed by atoms with van der Waals surface area (Å²) in [4.78, 5) is 22.8. The fourth-order valence-electron chi connectivity index (χ4n) is 1.97. The smallest absolute Gasteiger partial charge is 0.307 e. The molecule has 6 nitrogen and oxygen atoms in total. The Kier molecular flexibility index (Phi) is 6.61. The van der Waals surface area contributed by atoms with Gasteiger partial charge in [-0.3, -0.25) is 9.59 Å². The van der Waals surface area contributed by atoms with Crippen LogP contribution in [0.25, 0.3) is 0 Å². The zero-order chi connectivity index (χ0) is 19.1. The van der Waals surface area contributed by atoms with Gasteiger partial charge in [0, 0.05) is 17.6 Å². The van der Waals surface area contributed by atoms with Crippen LogP contribution in [0.1, 0.15) is 5.56 Å². The molecule has 0 aliphatic carbocycles. The van der Waals surface area contributed by atoms with Gasteiger partial charge in [-0.05, 0) is 35.9 Å². The minimum absolute atomic E-state index is 0.0778. The molecule has 0 aliphatic heterocycles. The number of hydrogen-bond acceptors (Lipinski definition) is 4. The summed E-state index contributed by atoms with van der Waals surface area (Å²) in [5.74, 6) is -1.53. The van der Waals surface area contributed by atoms with Crippen molar-refractivity contribution >= 4 is 46.5 Å². The molecular weight excluding hydrogens is 377 g/mol.